The van der Waals surface area contributed by atoms with Gasteiger partial charge in [0.2, 0.25) is 0 Å². The first kappa shape index (κ1) is 20.4. The molecule has 1 atom stereocenters. The Labute approximate surface area is 169 Å². The average molecular weight is 380 g/mol. The first-order chi connectivity index (χ1) is 13.0. The molecule has 0 saturated heterocycles. The van der Waals surface area contributed by atoms with Crippen molar-refractivity contribution in [2.45, 2.75) is 66.0 Å². The Morgan fingerprint density at radius 3 is 2.21 bits per heavy atom. The quantitative estimate of drug-likeness (QED) is 0.599. The molecule has 1 amide bonds. The minimum absolute atomic E-state index is 0.0404. The zero-order chi connectivity index (χ0) is 20.5. The van der Waals surface area contributed by atoms with Crippen molar-refractivity contribution < 1.29 is 9.53 Å². The van der Waals surface area contributed by atoms with Crippen molar-refractivity contribution in [1.29, 1.82) is 0 Å². The van der Waals surface area contributed by atoms with Crippen molar-refractivity contribution >= 4 is 6.09 Å². The van der Waals surface area contributed by atoms with Crippen molar-refractivity contribution in [3.63, 3.8) is 0 Å². The molecule has 0 radical (unpaired) electrons. The Balaban J connectivity index is 1.95. The topological polar surface area (TPSA) is 29.5 Å². The van der Waals surface area contributed by atoms with Gasteiger partial charge >= 0.3 is 6.09 Å². The van der Waals surface area contributed by atoms with Gasteiger partial charge in [0.25, 0.3) is 0 Å². The summed E-state index contributed by atoms with van der Waals surface area (Å²) in [6.45, 7) is 13.1. The van der Waals surface area contributed by atoms with Crippen LogP contribution in [0.25, 0.3) is 11.1 Å². The standard InChI is InChI=1S/C25H33NO2/c1-24(2,3)22-17-21-16-20(18-10-8-7-9-11-18)13-12-19(21)14-15-26(22)23(27)28-25(4,5)6/h7-13,16,22H,14-15,17H2,1-6H3. The van der Waals surface area contributed by atoms with Gasteiger partial charge in [-0.3, -0.25) is 0 Å². The van der Waals surface area contributed by atoms with E-state index in [1.165, 1.54) is 22.3 Å². The molecule has 3 heteroatoms. The summed E-state index contributed by atoms with van der Waals surface area (Å²) in [5.74, 6) is 0. The number of fused-ring (bicyclic) bond motifs is 1. The van der Waals surface area contributed by atoms with E-state index < -0.39 is 5.60 Å². The number of benzene rings is 2. The highest BCUT2D eigenvalue weighted by molar-refractivity contribution is 5.69. The third-order valence-corrected chi connectivity index (χ3v) is 5.35. The second-order valence-electron chi connectivity index (χ2n) is 9.86. The lowest BCUT2D eigenvalue weighted by atomic mass is 9.81. The molecular formula is C25H33NO2. The van der Waals surface area contributed by atoms with Crippen molar-refractivity contribution in [3.05, 3.63) is 59.7 Å². The molecule has 3 rings (SSSR count). The Morgan fingerprint density at radius 1 is 0.929 bits per heavy atom. The van der Waals surface area contributed by atoms with Crippen LogP contribution in [0, 0.1) is 5.41 Å². The molecule has 1 aliphatic heterocycles. The predicted molar refractivity (Wildman–Crippen MR) is 115 cm³/mol. The summed E-state index contributed by atoms with van der Waals surface area (Å²) in [5, 5.41) is 0. The zero-order valence-corrected chi connectivity index (χ0v) is 18.1. The number of hydrogen-bond acceptors (Lipinski definition) is 2. The van der Waals surface area contributed by atoms with Gasteiger partial charge < -0.3 is 9.64 Å². The molecule has 0 bridgehead atoms. The molecule has 2 aromatic rings. The SMILES string of the molecule is CC(C)(C)OC(=O)N1CCc2ccc(-c3ccccc3)cc2CC1C(C)(C)C. The summed E-state index contributed by atoms with van der Waals surface area (Å²) in [5.41, 5.74) is 4.61. The number of carbonyl (C=O) groups is 1. The van der Waals surface area contributed by atoms with E-state index in [4.69, 9.17) is 4.74 Å². The van der Waals surface area contributed by atoms with E-state index in [-0.39, 0.29) is 17.6 Å². The predicted octanol–water partition coefficient (Wildman–Crippen LogP) is 6.10. The molecule has 1 unspecified atom stereocenters. The van der Waals surface area contributed by atoms with Gasteiger partial charge in [0.1, 0.15) is 5.60 Å². The fourth-order valence-corrected chi connectivity index (χ4v) is 3.90. The minimum atomic E-state index is -0.487. The number of amides is 1. The van der Waals surface area contributed by atoms with Gasteiger partial charge in [0.05, 0.1) is 0 Å². The number of carbonyl (C=O) groups excluding carboxylic acids is 1. The smallest absolute Gasteiger partial charge is 0.410 e. The van der Waals surface area contributed by atoms with Crippen molar-refractivity contribution in [3.8, 4) is 11.1 Å². The van der Waals surface area contributed by atoms with Crippen molar-refractivity contribution in [1.82, 2.24) is 4.90 Å². The molecule has 1 heterocycles. The van der Waals surface area contributed by atoms with E-state index in [2.05, 4.69) is 63.2 Å². The molecule has 2 aromatic carbocycles. The van der Waals surface area contributed by atoms with Gasteiger partial charge in [-0.2, -0.15) is 0 Å². The van der Waals surface area contributed by atoms with E-state index in [0.29, 0.717) is 6.54 Å². The monoisotopic (exact) mass is 379 g/mol. The second-order valence-corrected chi connectivity index (χ2v) is 9.86. The fraction of sp³-hybridized carbons (Fsp3) is 0.480. The van der Waals surface area contributed by atoms with E-state index in [1.54, 1.807) is 0 Å². The van der Waals surface area contributed by atoms with Gasteiger partial charge in [-0.15, -0.1) is 0 Å². The van der Waals surface area contributed by atoms with Gasteiger partial charge in [-0.05, 0) is 61.3 Å². The molecule has 1 aliphatic rings. The first-order valence-electron chi connectivity index (χ1n) is 10.2. The molecule has 28 heavy (non-hydrogen) atoms. The lowest BCUT2D eigenvalue weighted by Crippen LogP contribution is -2.50. The van der Waals surface area contributed by atoms with E-state index in [0.717, 1.165) is 12.8 Å². The van der Waals surface area contributed by atoms with Crippen LogP contribution in [0.5, 0.6) is 0 Å². The van der Waals surface area contributed by atoms with Gasteiger partial charge in [-0.25, -0.2) is 4.79 Å². The number of rotatable bonds is 1. The first-order valence-corrected chi connectivity index (χ1v) is 10.2. The summed E-state index contributed by atoms with van der Waals surface area (Å²) >= 11 is 0. The lowest BCUT2D eigenvalue weighted by molar-refractivity contribution is 0.00354. The molecule has 3 nitrogen and oxygen atoms in total. The highest BCUT2D eigenvalue weighted by atomic mass is 16.6. The maximum atomic E-state index is 13.0. The minimum Gasteiger partial charge on any atom is -0.444 e. The zero-order valence-electron chi connectivity index (χ0n) is 18.1. The van der Waals surface area contributed by atoms with E-state index in [9.17, 15) is 4.79 Å². The highest BCUT2D eigenvalue weighted by Gasteiger charge is 2.37. The van der Waals surface area contributed by atoms with Crippen LogP contribution >= 0.6 is 0 Å². The summed E-state index contributed by atoms with van der Waals surface area (Å²) in [7, 11) is 0. The largest absolute Gasteiger partial charge is 0.444 e. The molecule has 150 valence electrons. The molecule has 0 aliphatic carbocycles. The number of hydrogen-bond donors (Lipinski definition) is 0. The lowest BCUT2D eigenvalue weighted by Gasteiger charge is -2.39. The maximum Gasteiger partial charge on any atom is 0.410 e. The van der Waals surface area contributed by atoms with Crippen LogP contribution in [-0.2, 0) is 17.6 Å². The van der Waals surface area contributed by atoms with Crippen LogP contribution in [0.1, 0.15) is 52.7 Å². The molecule has 0 spiro atoms. The molecule has 0 aromatic heterocycles. The third-order valence-electron chi connectivity index (χ3n) is 5.35. The summed E-state index contributed by atoms with van der Waals surface area (Å²) in [6, 6.07) is 17.3. The Bertz CT molecular complexity index is 828. The summed E-state index contributed by atoms with van der Waals surface area (Å²) < 4.78 is 5.74. The third kappa shape index (κ3) is 4.76. The van der Waals surface area contributed by atoms with E-state index in [1.807, 2.05) is 31.7 Å². The van der Waals surface area contributed by atoms with Gasteiger partial charge in [0, 0.05) is 12.6 Å². The van der Waals surface area contributed by atoms with Gasteiger partial charge in [-0.1, -0.05) is 69.3 Å². The fourth-order valence-electron chi connectivity index (χ4n) is 3.90. The van der Waals surface area contributed by atoms with Crippen molar-refractivity contribution in [2.75, 3.05) is 6.54 Å². The molecule has 0 saturated carbocycles. The Kier molecular flexibility index (Phi) is 5.56. The average Bonchev–Trinajstić information content (AvgIpc) is 2.80. The van der Waals surface area contributed by atoms with Gasteiger partial charge in [0.15, 0.2) is 0 Å². The molecule has 0 fully saturated rings. The van der Waals surface area contributed by atoms with Crippen LogP contribution in [0.3, 0.4) is 0 Å². The van der Waals surface area contributed by atoms with Crippen LogP contribution in [0.15, 0.2) is 48.5 Å². The number of ether oxygens (including phenoxy) is 1. The summed E-state index contributed by atoms with van der Waals surface area (Å²) in [6.07, 6.45) is 1.50. The van der Waals surface area contributed by atoms with E-state index >= 15 is 0 Å². The van der Waals surface area contributed by atoms with Crippen LogP contribution in [0.4, 0.5) is 4.79 Å². The van der Waals surface area contributed by atoms with Crippen LogP contribution < -0.4 is 0 Å². The molecule has 0 N–H and O–H groups in total. The van der Waals surface area contributed by atoms with Crippen LogP contribution in [-0.4, -0.2) is 29.2 Å². The Morgan fingerprint density at radius 2 is 1.61 bits per heavy atom. The second kappa shape index (κ2) is 7.62. The summed E-state index contributed by atoms with van der Waals surface area (Å²) in [4.78, 5) is 14.9. The van der Waals surface area contributed by atoms with Crippen molar-refractivity contribution in [2.24, 2.45) is 5.41 Å². The normalized spacial score (nSPS) is 17.6. The number of nitrogens with zero attached hydrogens (tertiary/aromatic N) is 1. The Hall–Kier alpha value is -2.29. The maximum absolute atomic E-state index is 13.0. The highest BCUT2D eigenvalue weighted by Crippen LogP contribution is 2.34. The molecular weight excluding hydrogens is 346 g/mol. The van der Waals surface area contributed by atoms with Crippen LogP contribution in [0.2, 0.25) is 0 Å².